The number of carboxylic acid groups (broad SMARTS) is 1. The Morgan fingerprint density at radius 1 is 0.368 bits per heavy atom. The van der Waals surface area contributed by atoms with Gasteiger partial charge in [0.25, 0.3) is 0 Å². The fourth-order valence-corrected chi connectivity index (χ4v) is 7.00. The summed E-state index contributed by atoms with van der Waals surface area (Å²) in [4.78, 5) is 11.8. The molecule has 0 radical (unpaired) electrons. The number of aliphatic hydroxyl groups is 16. The summed E-state index contributed by atoms with van der Waals surface area (Å²) < 4.78 is 49.5. The largest absolute Gasteiger partial charge is 0.479 e. The summed E-state index contributed by atoms with van der Waals surface area (Å²) in [6, 6.07) is 0. The first-order chi connectivity index (χ1) is 26.9. The van der Waals surface area contributed by atoms with Gasteiger partial charge in [0.2, 0.25) is 0 Å². The summed E-state index contributed by atoms with van der Waals surface area (Å²) in [6.45, 7) is -3.95. The molecular weight excluding hydrogens is 792 g/mol. The summed E-state index contributed by atoms with van der Waals surface area (Å²) in [7, 11) is 0. The van der Waals surface area contributed by atoms with Crippen LogP contribution in [0.2, 0.25) is 0 Å². The molecule has 57 heavy (non-hydrogen) atoms. The molecule has 5 fully saturated rings. The van der Waals surface area contributed by atoms with E-state index in [9.17, 15) is 91.6 Å². The summed E-state index contributed by atoms with van der Waals surface area (Å²) >= 11 is 0. The third kappa shape index (κ3) is 9.38. The summed E-state index contributed by atoms with van der Waals surface area (Å²) in [6.07, 6.45) is -50.3. The SMILES string of the molecule is O=C(O)[C@H]1O[C@H](O[C@@H]2[C@H](O)[C@H](O[C@H]3[C@H](O)[C@@H](O)[C@@H](O)O[C@@H]3CO)O[C@H](CO)[C@H]2O[C@@H]2O[C@H](CO)[C@@H](O)[C@H](O[C@H]3O[C@H](CO)[C@@H](O)[C@H](O)[C@H]3O)[C@H]2O)[C@H](O)[C@@H](O)[C@@H]1O. The van der Waals surface area contributed by atoms with Crippen LogP contribution in [0.1, 0.15) is 0 Å². The zero-order chi connectivity index (χ0) is 42.2. The van der Waals surface area contributed by atoms with Crippen LogP contribution >= 0.6 is 0 Å². The van der Waals surface area contributed by atoms with Gasteiger partial charge < -0.3 is 129 Å². The van der Waals surface area contributed by atoms with Crippen molar-refractivity contribution >= 4 is 5.97 Å². The molecule has 5 aliphatic heterocycles. The average Bonchev–Trinajstić information content (AvgIpc) is 3.19. The highest BCUT2D eigenvalue weighted by molar-refractivity contribution is 5.73. The van der Waals surface area contributed by atoms with Crippen LogP contribution in [0.5, 0.6) is 0 Å². The minimum Gasteiger partial charge on any atom is -0.479 e. The number of carboxylic acids is 1. The lowest BCUT2D eigenvalue weighted by Crippen LogP contribution is -2.69. The number of hydrogen-bond donors (Lipinski definition) is 17. The van der Waals surface area contributed by atoms with Crippen LogP contribution in [0.15, 0.2) is 0 Å². The van der Waals surface area contributed by atoms with Gasteiger partial charge in [0.1, 0.15) is 116 Å². The third-order valence-electron chi connectivity index (χ3n) is 10.3. The number of hydrogen-bond acceptors (Lipinski definition) is 26. The summed E-state index contributed by atoms with van der Waals surface area (Å²) in [5, 5.41) is 176. The lowest BCUT2D eigenvalue weighted by atomic mass is 9.95. The first-order valence-corrected chi connectivity index (χ1v) is 17.6. The maximum atomic E-state index is 11.8. The fraction of sp³-hybridized carbons (Fsp3) is 0.967. The van der Waals surface area contributed by atoms with Gasteiger partial charge in [-0.15, -0.1) is 0 Å². The molecule has 27 heteroatoms. The predicted octanol–water partition coefficient (Wildman–Crippen LogP) is -11.8. The van der Waals surface area contributed by atoms with E-state index < -0.39 is 186 Å². The Morgan fingerprint density at radius 2 is 0.772 bits per heavy atom. The Hall–Kier alpha value is -1.53. The Kier molecular flexibility index (Phi) is 15.9. The maximum absolute atomic E-state index is 11.8. The van der Waals surface area contributed by atoms with Gasteiger partial charge in [0.05, 0.1) is 26.4 Å². The second kappa shape index (κ2) is 19.5. The second-order valence-corrected chi connectivity index (χ2v) is 14.0. The minimum absolute atomic E-state index is 0.883. The highest BCUT2D eigenvalue weighted by atomic mass is 16.8. The Labute approximate surface area is 320 Å². The van der Waals surface area contributed by atoms with E-state index in [1.807, 2.05) is 0 Å². The van der Waals surface area contributed by atoms with Crippen LogP contribution < -0.4 is 0 Å². The van der Waals surface area contributed by atoms with Crippen LogP contribution in [-0.2, 0) is 47.4 Å². The molecule has 5 heterocycles. The molecule has 0 aromatic carbocycles. The van der Waals surface area contributed by atoms with E-state index in [1.54, 1.807) is 0 Å². The predicted molar refractivity (Wildman–Crippen MR) is 167 cm³/mol. The van der Waals surface area contributed by atoms with Crippen LogP contribution in [0.25, 0.3) is 0 Å². The molecule has 0 unspecified atom stereocenters. The molecule has 0 saturated carbocycles. The Balaban J connectivity index is 1.46. The zero-order valence-corrected chi connectivity index (χ0v) is 29.4. The van der Waals surface area contributed by atoms with Crippen molar-refractivity contribution in [2.75, 3.05) is 26.4 Å². The van der Waals surface area contributed by atoms with E-state index in [-0.39, 0.29) is 0 Å². The normalized spacial score (nSPS) is 52.4. The molecule has 5 aliphatic rings. The molecule has 0 amide bonds. The molecule has 27 nitrogen and oxygen atoms in total. The van der Waals surface area contributed by atoms with E-state index in [4.69, 9.17) is 42.6 Å². The van der Waals surface area contributed by atoms with Crippen molar-refractivity contribution in [2.45, 2.75) is 154 Å². The molecule has 0 aromatic heterocycles. The molecule has 0 aromatic rings. The highest BCUT2D eigenvalue weighted by Crippen LogP contribution is 2.36. The van der Waals surface area contributed by atoms with Gasteiger partial charge in [-0.1, -0.05) is 0 Å². The van der Waals surface area contributed by atoms with Gasteiger partial charge in [0, 0.05) is 0 Å². The molecule has 17 N–H and O–H groups in total. The molecule has 5 saturated heterocycles. The van der Waals surface area contributed by atoms with E-state index in [0.717, 1.165) is 0 Å². The van der Waals surface area contributed by atoms with Crippen LogP contribution in [0.4, 0.5) is 0 Å². The van der Waals surface area contributed by atoms with Crippen LogP contribution in [0.3, 0.4) is 0 Å². The first kappa shape index (κ1) is 46.5. The average molecular weight is 843 g/mol. The second-order valence-electron chi connectivity index (χ2n) is 14.0. The van der Waals surface area contributed by atoms with Crippen molar-refractivity contribution in [2.24, 2.45) is 0 Å². The van der Waals surface area contributed by atoms with Crippen LogP contribution in [0, 0.1) is 0 Å². The van der Waals surface area contributed by atoms with Gasteiger partial charge in [-0.25, -0.2) is 4.79 Å². The van der Waals surface area contributed by atoms with Crippen molar-refractivity contribution < 1.29 is 134 Å². The standard InChI is InChI=1S/C30H50O27/c31-1-5-9(35)11(37)16(42)27(50-5)55-22-10(36)6(2-32)51-29(18(22)44)54-21-8(4-34)52-30(53-20-7(3-33)49-26(48)15(41)14(20)40)19(45)23(21)56-28-17(43)12(38)13(39)24(57-28)25(46)47/h5-24,26-45,48H,1-4H2,(H,46,47)/t5-,6-,7-,8-,9-,10-,11+,12+,13+,14-,15-,16-,17-,18-,19+,20-,21-,22+,23-,24+,26+,27-,28+,29+,30+/m1/s1. The van der Waals surface area contributed by atoms with Crippen LogP contribution in [-0.4, -0.2) is 273 Å². The molecule has 0 spiro atoms. The topological polar surface area (TPSA) is 444 Å². The minimum atomic E-state index is -2.29. The lowest BCUT2D eigenvalue weighted by Gasteiger charge is -2.50. The van der Waals surface area contributed by atoms with Gasteiger partial charge in [0.15, 0.2) is 37.6 Å². The van der Waals surface area contributed by atoms with E-state index in [0.29, 0.717) is 0 Å². The van der Waals surface area contributed by atoms with Crippen molar-refractivity contribution in [1.82, 2.24) is 0 Å². The Bertz CT molecular complexity index is 1280. The first-order valence-electron chi connectivity index (χ1n) is 17.6. The van der Waals surface area contributed by atoms with Gasteiger partial charge >= 0.3 is 5.97 Å². The fourth-order valence-electron chi connectivity index (χ4n) is 7.00. The van der Waals surface area contributed by atoms with E-state index in [1.165, 1.54) is 0 Å². The lowest BCUT2D eigenvalue weighted by molar-refractivity contribution is -0.403. The van der Waals surface area contributed by atoms with Gasteiger partial charge in [-0.2, -0.15) is 0 Å². The van der Waals surface area contributed by atoms with Gasteiger partial charge in [-0.3, -0.25) is 0 Å². The maximum Gasteiger partial charge on any atom is 0.335 e. The highest BCUT2D eigenvalue weighted by Gasteiger charge is 2.58. The molecule has 0 aliphatic carbocycles. The number of ether oxygens (including phenoxy) is 9. The molecule has 0 bridgehead atoms. The summed E-state index contributed by atoms with van der Waals surface area (Å²) in [5.74, 6) is -1.84. The number of rotatable bonds is 13. The third-order valence-corrected chi connectivity index (χ3v) is 10.3. The van der Waals surface area contributed by atoms with Crippen molar-refractivity contribution in [3.8, 4) is 0 Å². The number of aliphatic carboxylic acids is 1. The van der Waals surface area contributed by atoms with E-state index >= 15 is 0 Å². The van der Waals surface area contributed by atoms with Gasteiger partial charge in [-0.05, 0) is 0 Å². The van der Waals surface area contributed by atoms with Crippen molar-refractivity contribution in [3.05, 3.63) is 0 Å². The van der Waals surface area contributed by atoms with Crippen molar-refractivity contribution in [1.29, 1.82) is 0 Å². The smallest absolute Gasteiger partial charge is 0.335 e. The molecule has 332 valence electrons. The quantitative estimate of drug-likeness (QED) is 0.0818. The number of carbonyl (C=O) groups is 1. The molecule has 5 rings (SSSR count). The Morgan fingerprint density at radius 3 is 1.32 bits per heavy atom. The molecular formula is C30H50O27. The van der Waals surface area contributed by atoms with E-state index in [2.05, 4.69) is 0 Å². The zero-order valence-electron chi connectivity index (χ0n) is 29.4. The molecule has 25 atom stereocenters. The van der Waals surface area contributed by atoms with Crippen molar-refractivity contribution in [3.63, 3.8) is 0 Å². The summed E-state index contributed by atoms with van der Waals surface area (Å²) in [5.41, 5.74) is 0. The monoisotopic (exact) mass is 842 g/mol. The number of aliphatic hydroxyl groups excluding tert-OH is 16.